The summed E-state index contributed by atoms with van der Waals surface area (Å²) in [6.07, 6.45) is 3.58. The maximum atomic E-state index is 12.8. The fourth-order valence-corrected chi connectivity index (χ4v) is 2.83. The minimum atomic E-state index is -0.300. The number of ether oxygens (including phenoxy) is 1. The Kier molecular flexibility index (Phi) is 4.10. The molecule has 0 fully saturated rings. The SMILES string of the molecule is O=C1COc2c(cccc2C(=O)Nc2ccccc2Cn2cccn2)N1. The van der Waals surface area contributed by atoms with Gasteiger partial charge in [0.25, 0.3) is 11.8 Å². The minimum Gasteiger partial charge on any atom is -0.481 e. The molecule has 2 N–H and O–H groups in total. The molecule has 130 valence electrons. The van der Waals surface area contributed by atoms with Crippen LogP contribution in [0.15, 0.2) is 60.9 Å². The van der Waals surface area contributed by atoms with Gasteiger partial charge in [-0.3, -0.25) is 14.3 Å². The first-order valence-electron chi connectivity index (χ1n) is 8.13. The molecule has 0 unspecified atom stereocenters. The van der Waals surface area contributed by atoms with Gasteiger partial charge in [0.15, 0.2) is 12.4 Å². The Labute approximate surface area is 149 Å². The molecule has 2 aromatic carbocycles. The van der Waals surface area contributed by atoms with Gasteiger partial charge in [-0.1, -0.05) is 24.3 Å². The summed E-state index contributed by atoms with van der Waals surface area (Å²) in [7, 11) is 0. The van der Waals surface area contributed by atoms with Crippen LogP contribution < -0.4 is 15.4 Å². The Balaban J connectivity index is 1.60. The first-order valence-corrected chi connectivity index (χ1v) is 8.13. The molecule has 0 radical (unpaired) electrons. The van der Waals surface area contributed by atoms with E-state index in [1.807, 2.05) is 36.5 Å². The van der Waals surface area contributed by atoms with Crippen molar-refractivity contribution in [3.05, 3.63) is 72.1 Å². The second kappa shape index (κ2) is 6.72. The van der Waals surface area contributed by atoms with Gasteiger partial charge in [0.05, 0.1) is 17.8 Å². The van der Waals surface area contributed by atoms with E-state index in [4.69, 9.17) is 4.74 Å². The molecule has 3 aromatic rings. The third kappa shape index (κ3) is 3.14. The summed E-state index contributed by atoms with van der Waals surface area (Å²) < 4.78 is 7.24. The molecular weight excluding hydrogens is 332 g/mol. The van der Waals surface area contributed by atoms with Crippen LogP contribution in [0.25, 0.3) is 0 Å². The normalized spacial score (nSPS) is 12.7. The molecule has 2 heterocycles. The summed E-state index contributed by atoms with van der Waals surface area (Å²) in [6.45, 7) is 0.441. The zero-order chi connectivity index (χ0) is 17.9. The van der Waals surface area contributed by atoms with Crippen LogP contribution in [0.5, 0.6) is 5.75 Å². The van der Waals surface area contributed by atoms with Crippen LogP contribution in [0.2, 0.25) is 0 Å². The van der Waals surface area contributed by atoms with Crippen LogP contribution in [0, 0.1) is 0 Å². The molecule has 0 atom stereocenters. The van der Waals surface area contributed by atoms with Gasteiger partial charge in [-0.2, -0.15) is 5.10 Å². The van der Waals surface area contributed by atoms with Crippen LogP contribution >= 0.6 is 0 Å². The molecule has 0 bridgehead atoms. The van der Waals surface area contributed by atoms with Crippen LogP contribution in [0.1, 0.15) is 15.9 Å². The zero-order valence-corrected chi connectivity index (χ0v) is 13.8. The van der Waals surface area contributed by atoms with Gasteiger partial charge in [-0.05, 0) is 29.8 Å². The van der Waals surface area contributed by atoms with E-state index in [0.717, 1.165) is 5.56 Å². The van der Waals surface area contributed by atoms with Crippen molar-refractivity contribution >= 4 is 23.2 Å². The number of aromatic nitrogens is 2. The van der Waals surface area contributed by atoms with E-state index in [-0.39, 0.29) is 18.4 Å². The average molecular weight is 348 g/mol. The molecule has 0 spiro atoms. The van der Waals surface area contributed by atoms with Crippen molar-refractivity contribution in [2.24, 2.45) is 0 Å². The maximum Gasteiger partial charge on any atom is 0.262 e. The van der Waals surface area contributed by atoms with Crippen LogP contribution in [-0.2, 0) is 11.3 Å². The predicted molar refractivity (Wildman–Crippen MR) is 96.3 cm³/mol. The number of carbonyl (C=O) groups excluding carboxylic acids is 2. The van der Waals surface area contributed by atoms with Crippen molar-refractivity contribution in [2.45, 2.75) is 6.54 Å². The molecule has 26 heavy (non-hydrogen) atoms. The van der Waals surface area contributed by atoms with Crippen LogP contribution in [-0.4, -0.2) is 28.2 Å². The van der Waals surface area contributed by atoms with E-state index in [1.165, 1.54) is 0 Å². The lowest BCUT2D eigenvalue weighted by atomic mass is 10.1. The lowest BCUT2D eigenvalue weighted by Gasteiger charge is -2.20. The van der Waals surface area contributed by atoms with Crippen molar-refractivity contribution in [2.75, 3.05) is 17.2 Å². The summed E-state index contributed by atoms with van der Waals surface area (Å²) in [5, 5.41) is 9.83. The third-order valence-electron chi connectivity index (χ3n) is 4.04. The van der Waals surface area contributed by atoms with Crippen LogP contribution in [0.4, 0.5) is 11.4 Å². The number of rotatable bonds is 4. The minimum absolute atomic E-state index is 0.104. The predicted octanol–water partition coefficient (Wildman–Crippen LogP) is 2.51. The molecule has 7 nitrogen and oxygen atoms in total. The van der Waals surface area contributed by atoms with Gasteiger partial charge >= 0.3 is 0 Å². The molecule has 0 saturated heterocycles. The monoisotopic (exact) mass is 348 g/mol. The summed E-state index contributed by atoms with van der Waals surface area (Å²) in [5.41, 5.74) is 2.50. The summed E-state index contributed by atoms with van der Waals surface area (Å²) in [5.74, 6) is -0.153. The van der Waals surface area contributed by atoms with Gasteiger partial charge in [-0.15, -0.1) is 0 Å². The highest BCUT2D eigenvalue weighted by atomic mass is 16.5. The van der Waals surface area contributed by atoms with Gasteiger partial charge in [0.1, 0.15) is 0 Å². The lowest BCUT2D eigenvalue weighted by Crippen LogP contribution is -2.27. The lowest BCUT2D eigenvalue weighted by molar-refractivity contribution is -0.118. The number of amides is 2. The highest BCUT2D eigenvalue weighted by Crippen LogP contribution is 2.32. The number of nitrogens with one attached hydrogen (secondary N) is 2. The Bertz CT molecular complexity index is 967. The second-order valence-electron chi connectivity index (χ2n) is 5.83. The molecule has 4 rings (SSSR count). The van der Waals surface area contributed by atoms with E-state index in [2.05, 4.69) is 15.7 Å². The van der Waals surface area contributed by atoms with E-state index >= 15 is 0 Å². The Morgan fingerprint density at radius 1 is 1.19 bits per heavy atom. The van der Waals surface area contributed by atoms with Gasteiger partial charge in [0, 0.05) is 18.1 Å². The topological polar surface area (TPSA) is 85.2 Å². The van der Waals surface area contributed by atoms with Gasteiger partial charge < -0.3 is 15.4 Å². The Morgan fingerprint density at radius 2 is 2.08 bits per heavy atom. The third-order valence-corrected chi connectivity index (χ3v) is 4.04. The largest absolute Gasteiger partial charge is 0.481 e. The number of hydrogen-bond acceptors (Lipinski definition) is 4. The highest BCUT2D eigenvalue weighted by Gasteiger charge is 2.22. The first-order chi connectivity index (χ1) is 12.7. The molecule has 0 aliphatic carbocycles. The zero-order valence-electron chi connectivity index (χ0n) is 13.8. The Morgan fingerprint density at radius 3 is 2.92 bits per heavy atom. The number of carbonyl (C=O) groups is 2. The van der Waals surface area contributed by atoms with Gasteiger partial charge in [0.2, 0.25) is 0 Å². The Hall–Kier alpha value is -3.61. The summed E-state index contributed by atoms with van der Waals surface area (Å²) in [4.78, 5) is 24.2. The van der Waals surface area contributed by atoms with E-state index in [1.54, 1.807) is 29.1 Å². The van der Waals surface area contributed by atoms with E-state index in [0.29, 0.717) is 29.2 Å². The second-order valence-corrected chi connectivity index (χ2v) is 5.83. The standard InChI is InChI=1S/C19H16N4O3/c24-17-12-26-18-14(6-3-8-16(18)21-17)19(25)22-15-7-2-1-5-13(15)11-23-10-4-9-20-23/h1-10H,11-12H2,(H,21,24)(H,22,25). The van der Waals surface area contributed by atoms with Crippen molar-refractivity contribution < 1.29 is 14.3 Å². The van der Waals surface area contributed by atoms with Crippen molar-refractivity contribution in [3.63, 3.8) is 0 Å². The van der Waals surface area contributed by atoms with E-state index in [9.17, 15) is 9.59 Å². The molecule has 0 saturated carbocycles. The maximum absolute atomic E-state index is 12.8. The van der Waals surface area contributed by atoms with Crippen molar-refractivity contribution in [3.8, 4) is 5.75 Å². The van der Waals surface area contributed by atoms with Crippen molar-refractivity contribution in [1.82, 2.24) is 9.78 Å². The average Bonchev–Trinajstić information content (AvgIpc) is 3.15. The number of benzene rings is 2. The number of nitrogens with zero attached hydrogens (tertiary/aromatic N) is 2. The highest BCUT2D eigenvalue weighted by molar-refractivity contribution is 6.09. The molecular formula is C19H16N4O3. The number of para-hydroxylation sites is 2. The van der Waals surface area contributed by atoms with Crippen molar-refractivity contribution in [1.29, 1.82) is 0 Å². The van der Waals surface area contributed by atoms with E-state index < -0.39 is 0 Å². The number of fused-ring (bicyclic) bond motifs is 1. The fourth-order valence-electron chi connectivity index (χ4n) is 2.83. The van der Waals surface area contributed by atoms with Gasteiger partial charge in [-0.25, -0.2) is 0 Å². The summed E-state index contributed by atoms with van der Waals surface area (Å²) in [6, 6.07) is 14.5. The number of hydrogen-bond donors (Lipinski definition) is 2. The van der Waals surface area contributed by atoms with Crippen LogP contribution in [0.3, 0.4) is 0 Å². The molecule has 1 aliphatic heterocycles. The number of anilines is 2. The molecule has 2 amide bonds. The molecule has 7 heteroatoms. The summed E-state index contributed by atoms with van der Waals surface area (Å²) >= 11 is 0. The molecule has 1 aromatic heterocycles. The quantitative estimate of drug-likeness (QED) is 0.759. The fraction of sp³-hybridized carbons (Fsp3) is 0.105. The smallest absolute Gasteiger partial charge is 0.262 e. The first kappa shape index (κ1) is 15.9. The molecule has 1 aliphatic rings.